The largest absolute Gasteiger partial charge is 0.496 e. The molecule has 3 heterocycles. The van der Waals surface area contributed by atoms with Crippen LogP contribution in [0, 0.1) is 0 Å². The minimum absolute atomic E-state index is 0.136. The Balaban J connectivity index is 1.21. The molecule has 9 nitrogen and oxygen atoms in total. The molecule has 3 aliphatic rings. The van der Waals surface area contributed by atoms with Gasteiger partial charge in [0, 0.05) is 6.54 Å². The van der Waals surface area contributed by atoms with E-state index in [2.05, 4.69) is 22.3 Å². The molecule has 6 rings (SSSR count). The number of thioether (sulfide) groups is 1. The molecule has 3 atom stereocenters. The molecular formula is C33H35N3O6S. The standard InChI is InChI=1S/C33H35N3O6S/c1-40-24-14-9-15-25(41-2)26(24)29(37)34-27-30(38)36-28(32(39)42-21-23-12-7-4-8-13-23)33(43-31(27)36)16-18-35(19-17-33)20-22-10-5-3-6-11-22/h3-15,27-28,31H,16-21H2,1-2H3,(H,34,37)/t27?,28?,31-/m1/s1. The predicted octanol–water partition coefficient (Wildman–Crippen LogP) is 3.86. The van der Waals surface area contributed by atoms with E-state index < -0.39 is 28.7 Å². The number of β-lactam (4-membered cyclic amide) rings is 1. The van der Waals surface area contributed by atoms with Gasteiger partial charge in [-0.1, -0.05) is 66.7 Å². The number of nitrogens with zero attached hydrogens (tertiary/aromatic N) is 2. The molecule has 224 valence electrons. The number of methoxy groups -OCH3 is 2. The fourth-order valence-corrected chi connectivity index (χ4v) is 8.22. The first-order valence-corrected chi connectivity index (χ1v) is 15.3. The first-order chi connectivity index (χ1) is 20.9. The predicted molar refractivity (Wildman–Crippen MR) is 163 cm³/mol. The number of benzene rings is 3. The molecule has 3 aromatic rings. The number of esters is 1. The number of amides is 2. The van der Waals surface area contributed by atoms with Crippen LogP contribution in [0.3, 0.4) is 0 Å². The van der Waals surface area contributed by atoms with Gasteiger partial charge < -0.3 is 24.4 Å². The van der Waals surface area contributed by atoms with E-state index in [1.807, 2.05) is 48.5 Å². The Morgan fingerprint density at radius 2 is 1.49 bits per heavy atom. The average molecular weight is 602 g/mol. The van der Waals surface area contributed by atoms with Gasteiger partial charge in [-0.05, 0) is 49.2 Å². The molecule has 3 saturated heterocycles. The second-order valence-corrected chi connectivity index (χ2v) is 12.6. The van der Waals surface area contributed by atoms with E-state index in [1.54, 1.807) is 34.9 Å². The third kappa shape index (κ3) is 5.57. The smallest absolute Gasteiger partial charge is 0.330 e. The van der Waals surface area contributed by atoms with Gasteiger partial charge in [0.25, 0.3) is 5.91 Å². The van der Waals surface area contributed by atoms with Crippen molar-refractivity contribution in [2.75, 3.05) is 27.3 Å². The molecule has 0 saturated carbocycles. The summed E-state index contributed by atoms with van der Waals surface area (Å²) in [6, 6.07) is 23.4. The van der Waals surface area contributed by atoms with Crippen LogP contribution in [-0.4, -0.2) is 77.1 Å². The van der Waals surface area contributed by atoms with Crippen molar-refractivity contribution in [3.63, 3.8) is 0 Å². The summed E-state index contributed by atoms with van der Waals surface area (Å²) >= 11 is 1.62. The van der Waals surface area contributed by atoms with Crippen molar-refractivity contribution in [3.05, 3.63) is 95.6 Å². The lowest BCUT2D eigenvalue weighted by Gasteiger charge is -2.45. The minimum Gasteiger partial charge on any atom is -0.496 e. The van der Waals surface area contributed by atoms with Crippen LogP contribution >= 0.6 is 11.8 Å². The fourth-order valence-electron chi connectivity index (χ4n) is 6.32. The third-order valence-corrected chi connectivity index (χ3v) is 10.4. The molecule has 1 spiro atoms. The summed E-state index contributed by atoms with van der Waals surface area (Å²) in [5, 5.41) is 2.53. The monoisotopic (exact) mass is 601 g/mol. The summed E-state index contributed by atoms with van der Waals surface area (Å²) in [5.41, 5.74) is 2.35. The second kappa shape index (κ2) is 12.3. The molecule has 0 aliphatic carbocycles. The number of hydrogen-bond donors (Lipinski definition) is 1. The zero-order valence-corrected chi connectivity index (χ0v) is 25.0. The van der Waals surface area contributed by atoms with Crippen molar-refractivity contribution in [3.8, 4) is 11.5 Å². The topological polar surface area (TPSA) is 97.4 Å². The van der Waals surface area contributed by atoms with Crippen LogP contribution < -0.4 is 14.8 Å². The molecule has 0 aromatic heterocycles. The number of fused-ring (bicyclic) bond motifs is 1. The summed E-state index contributed by atoms with van der Waals surface area (Å²) in [6.45, 7) is 2.54. The highest BCUT2D eigenvalue weighted by molar-refractivity contribution is 8.01. The minimum atomic E-state index is -0.779. The Morgan fingerprint density at radius 1 is 0.884 bits per heavy atom. The number of hydrogen-bond acceptors (Lipinski definition) is 8. The quantitative estimate of drug-likeness (QED) is 0.292. The normalized spacial score (nSPS) is 22.4. The van der Waals surface area contributed by atoms with E-state index in [-0.39, 0.29) is 23.5 Å². The van der Waals surface area contributed by atoms with Crippen molar-refractivity contribution in [1.29, 1.82) is 0 Å². The molecule has 0 bridgehead atoms. The van der Waals surface area contributed by atoms with Gasteiger partial charge in [-0.3, -0.25) is 14.5 Å². The van der Waals surface area contributed by atoms with Crippen molar-refractivity contribution < 1.29 is 28.6 Å². The van der Waals surface area contributed by atoms with Crippen molar-refractivity contribution in [2.45, 2.75) is 48.2 Å². The van der Waals surface area contributed by atoms with E-state index in [0.29, 0.717) is 11.5 Å². The number of likely N-dealkylation sites (tertiary alicyclic amines) is 1. The zero-order chi connectivity index (χ0) is 30.0. The van der Waals surface area contributed by atoms with Crippen LogP contribution in [0.5, 0.6) is 11.5 Å². The molecule has 3 aromatic carbocycles. The summed E-state index contributed by atoms with van der Waals surface area (Å²) in [7, 11) is 2.96. The molecule has 2 unspecified atom stereocenters. The van der Waals surface area contributed by atoms with Gasteiger partial charge in [0.15, 0.2) is 0 Å². The maximum atomic E-state index is 13.8. The third-order valence-electron chi connectivity index (χ3n) is 8.55. The summed E-state index contributed by atoms with van der Waals surface area (Å²) < 4.78 is 16.1. The lowest BCUT2D eigenvalue weighted by Crippen LogP contribution is -2.71. The first kappa shape index (κ1) is 29.1. The molecule has 1 N–H and O–H groups in total. The molecule has 43 heavy (non-hydrogen) atoms. The summed E-state index contributed by atoms with van der Waals surface area (Å²) in [4.78, 5) is 44.9. The lowest BCUT2D eigenvalue weighted by molar-refractivity contribution is -0.165. The highest BCUT2D eigenvalue weighted by Crippen LogP contribution is 2.56. The maximum absolute atomic E-state index is 13.8. The van der Waals surface area contributed by atoms with Crippen LogP contribution in [0.15, 0.2) is 78.9 Å². The van der Waals surface area contributed by atoms with Gasteiger partial charge in [-0.25, -0.2) is 4.79 Å². The Bertz CT molecular complexity index is 1460. The number of piperidine rings is 1. The Labute approximate surface area is 255 Å². The number of carbonyl (C=O) groups is 3. The highest BCUT2D eigenvalue weighted by atomic mass is 32.2. The highest BCUT2D eigenvalue weighted by Gasteiger charge is 2.67. The van der Waals surface area contributed by atoms with Crippen LogP contribution in [0.2, 0.25) is 0 Å². The zero-order valence-electron chi connectivity index (χ0n) is 24.2. The molecule has 2 amide bonds. The molecule has 3 aliphatic heterocycles. The van der Waals surface area contributed by atoms with Crippen LogP contribution in [-0.2, 0) is 27.5 Å². The Hall–Kier alpha value is -4.02. The van der Waals surface area contributed by atoms with E-state index in [9.17, 15) is 14.4 Å². The Morgan fingerprint density at radius 3 is 2.09 bits per heavy atom. The fraction of sp³-hybridized carbons (Fsp3) is 0.364. The first-order valence-electron chi connectivity index (χ1n) is 14.4. The Kier molecular flexibility index (Phi) is 8.32. The van der Waals surface area contributed by atoms with Gasteiger partial charge >= 0.3 is 5.97 Å². The average Bonchev–Trinajstić information content (AvgIpc) is 3.34. The van der Waals surface area contributed by atoms with E-state index >= 15 is 0 Å². The van der Waals surface area contributed by atoms with Crippen molar-refractivity contribution in [1.82, 2.24) is 15.1 Å². The van der Waals surface area contributed by atoms with Crippen LogP contribution in [0.4, 0.5) is 0 Å². The number of carbonyl (C=O) groups excluding carboxylic acids is 3. The maximum Gasteiger partial charge on any atom is 0.330 e. The number of rotatable bonds is 9. The molecular weight excluding hydrogens is 566 g/mol. The van der Waals surface area contributed by atoms with Crippen molar-refractivity contribution in [2.24, 2.45) is 0 Å². The van der Waals surface area contributed by atoms with Gasteiger partial charge in [-0.15, -0.1) is 11.8 Å². The van der Waals surface area contributed by atoms with Gasteiger partial charge in [0.2, 0.25) is 5.91 Å². The molecule has 3 fully saturated rings. The summed E-state index contributed by atoms with van der Waals surface area (Å²) in [6.07, 6.45) is 1.44. The van der Waals surface area contributed by atoms with Gasteiger partial charge in [-0.2, -0.15) is 0 Å². The van der Waals surface area contributed by atoms with E-state index in [1.165, 1.54) is 19.8 Å². The lowest BCUT2D eigenvalue weighted by atomic mass is 9.85. The van der Waals surface area contributed by atoms with Gasteiger partial charge in [0.05, 0.1) is 19.0 Å². The van der Waals surface area contributed by atoms with Crippen LogP contribution in [0.25, 0.3) is 0 Å². The van der Waals surface area contributed by atoms with Gasteiger partial charge in [0.1, 0.15) is 41.1 Å². The van der Waals surface area contributed by atoms with E-state index in [0.717, 1.165) is 38.0 Å². The van der Waals surface area contributed by atoms with Crippen molar-refractivity contribution >= 4 is 29.5 Å². The number of nitrogens with one attached hydrogen (secondary N) is 1. The summed E-state index contributed by atoms with van der Waals surface area (Å²) in [5.74, 6) is -0.451. The second-order valence-electron chi connectivity index (χ2n) is 11.1. The molecule has 10 heteroatoms. The van der Waals surface area contributed by atoms with Crippen LogP contribution in [0.1, 0.15) is 34.3 Å². The van der Waals surface area contributed by atoms with E-state index in [4.69, 9.17) is 14.2 Å². The number of ether oxygens (including phenoxy) is 3. The molecule has 0 radical (unpaired) electrons. The SMILES string of the molecule is COc1cccc(OC)c1C(=O)NC1C(=O)N2C(C(=O)OCc3ccccc3)C3(CCN(Cc4ccccc4)CC3)S[C@H]12.